The quantitative estimate of drug-likeness (QED) is 0.709. The van der Waals surface area contributed by atoms with E-state index in [0.29, 0.717) is 6.54 Å². The van der Waals surface area contributed by atoms with Gasteiger partial charge >= 0.3 is 0 Å². The van der Waals surface area contributed by atoms with Crippen molar-refractivity contribution in [1.82, 2.24) is 4.90 Å². The van der Waals surface area contributed by atoms with E-state index in [9.17, 15) is 4.79 Å². The summed E-state index contributed by atoms with van der Waals surface area (Å²) in [5.41, 5.74) is 5.92. The summed E-state index contributed by atoms with van der Waals surface area (Å²) in [6.07, 6.45) is 2.00. The lowest BCUT2D eigenvalue weighted by atomic mass is 9.80. The van der Waals surface area contributed by atoms with E-state index in [4.69, 9.17) is 10.5 Å². The highest BCUT2D eigenvalue weighted by molar-refractivity contribution is 5.77. The second-order valence-electron chi connectivity index (χ2n) is 4.33. The molecule has 82 valence electrons. The number of ether oxygens (including phenoxy) is 1. The first-order valence-electron chi connectivity index (χ1n) is 5.08. The first-order valence-corrected chi connectivity index (χ1v) is 5.08. The number of rotatable bonds is 3. The number of piperidine rings is 1. The molecule has 1 aliphatic heterocycles. The molecular formula is C10H20N2O2. The maximum Gasteiger partial charge on any atom is 0.248 e. The van der Waals surface area contributed by atoms with Gasteiger partial charge in [0.15, 0.2) is 0 Å². The molecule has 0 aromatic heterocycles. The Kier molecular flexibility index (Phi) is 3.89. The Morgan fingerprint density at radius 2 is 2.07 bits per heavy atom. The fourth-order valence-electron chi connectivity index (χ4n) is 1.71. The molecule has 0 radical (unpaired) electrons. The van der Waals surface area contributed by atoms with Crippen molar-refractivity contribution in [2.45, 2.75) is 19.8 Å². The van der Waals surface area contributed by atoms with Gasteiger partial charge in [-0.3, -0.25) is 4.79 Å². The molecule has 0 unspecified atom stereocenters. The molecule has 0 spiro atoms. The molecule has 1 fully saturated rings. The Bertz CT molecular complexity index is 198. The summed E-state index contributed by atoms with van der Waals surface area (Å²) < 4.78 is 4.82. The van der Waals surface area contributed by atoms with E-state index in [0.717, 1.165) is 25.9 Å². The van der Waals surface area contributed by atoms with Gasteiger partial charge in [-0.15, -0.1) is 0 Å². The molecule has 1 rings (SSSR count). The monoisotopic (exact) mass is 200 g/mol. The predicted molar refractivity (Wildman–Crippen MR) is 54.9 cm³/mol. The van der Waals surface area contributed by atoms with Crippen LogP contribution in [-0.2, 0) is 9.53 Å². The van der Waals surface area contributed by atoms with Crippen molar-refractivity contribution in [1.29, 1.82) is 0 Å². The topological polar surface area (TPSA) is 55.6 Å². The van der Waals surface area contributed by atoms with Crippen molar-refractivity contribution in [3.8, 4) is 0 Å². The highest BCUT2D eigenvalue weighted by Crippen LogP contribution is 2.29. The van der Waals surface area contributed by atoms with E-state index in [1.807, 2.05) is 4.90 Å². The third kappa shape index (κ3) is 2.69. The molecule has 0 aliphatic carbocycles. The molecule has 14 heavy (non-hydrogen) atoms. The van der Waals surface area contributed by atoms with Gasteiger partial charge in [0.1, 0.15) is 6.61 Å². The van der Waals surface area contributed by atoms with E-state index in [2.05, 4.69) is 6.92 Å². The first-order chi connectivity index (χ1) is 6.61. The Balaban J connectivity index is 2.39. The molecule has 1 heterocycles. The number of hydrogen-bond donors (Lipinski definition) is 1. The number of carbonyl (C=O) groups excluding carboxylic acids is 1. The van der Waals surface area contributed by atoms with Gasteiger partial charge in [0.2, 0.25) is 5.91 Å². The van der Waals surface area contributed by atoms with Gasteiger partial charge in [-0.25, -0.2) is 0 Å². The summed E-state index contributed by atoms with van der Waals surface area (Å²) in [6.45, 7) is 4.72. The van der Waals surface area contributed by atoms with Gasteiger partial charge in [-0.1, -0.05) is 6.92 Å². The van der Waals surface area contributed by atoms with E-state index < -0.39 is 0 Å². The Hall–Kier alpha value is -0.610. The van der Waals surface area contributed by atoms with E-state index in [1.54, 1.807) is 7.11 Å². The summed E-state index contributed by atoms with van der Waals surface area (Å²) in [5.74, 6) is 0.0894. The zero-order valence-electron chi connectivity index (χ0n) is 9.08. The Labute approximate surface area is 85.4 Å². The third-order valence-electron chi connectivity index (χ3n) is 3.08. The summed E-state index contributed by atoms with van der Waals surface area (Å²) in [5, 5.41) is 0. The predicted octanol–water partition coefficient (Wildman–Crippen LogP) is 0.220. The number of nitrogens with zero attached hydrogens (tertiary/aromatic N) is 1. The van der Waals surface area contributed by atoms with Gasteiger partial charge in [-0.05, 0) is 24.8 Å². The van der Waals surface area contributed by atoms with Crippen LogP contribution in [0.5, 0.6) is 0 Å². The van der Waals surface area contributed by atoms with Crippen LogP contribution in [0.1, 0.15) is 19.8 Å². The molecule has 1 amide bonds. The highest BCUT2D eigenvalue weighted by atomic mass is 16.5. The number of nitrogens with two attached hydrogens (primary N) is 1. The van der Waals surface area contributed by atoms with Gasteiger partial charge in [0.25, 0.3) is 0 Å². The van der Waals surface area contributed by atoms with Gasteiger partial charge < -0.3 is 15.4 Å². The molecule has 0 aromatic rings. The summed E-state index contributed by atoms with van der Waals surface area (Å²) in [7, 11) is 1.55. The minimum absolute atomic E-state index is 0.0894. The Morgan fingerprint density at radius 1 is 1.50 bits per heavy atom. The van der Waals surface area contributed by atoms with Crippen LogP contribution in [0.25, 0.3) is 0 Å². The third-order valence-corrected chi connectivity index (χ3v) is 3.08. The molecule has 0 bridgehead atoms. The van der Waals surface area contributed by atoms with E-state index >= 15 is 0 Å². The van der Waals surface area contributed by atoms with Crippen molar-refractivity contribution < 1.29 is 9.53 Å². The minimum Gasteiger partial charge on any atom is -0.375 e. The fraction of sp³-hybridized carbons (Fsp3) is 0.900. The lowest BCUT2D eigenvalue weighted by Gasteiger charge is -2.38. The maximum absolute atomic E-state index is 11.5. The number of amides is 1. The van der Waals surface area contributed by atoms with Crippen molar-refractivity contribution in [3.63, 3.8) is 0 Å². The van der Waals surface area contributed by atoms with Crippen LogP contribution in [0.15, 0.2) is 0 Å². The number of carbonyl (C=O) groups is 1. The second-order valence-corrected chi connectivity index (χ2v) is 4.33. The lowest BCUT2D eigenvalue weighted by molar-refractivity contribution is -0.137. The molecular weight excluding hydrogens is 180 g/mol. The minimum atomic E-state index is 0.0894. The molecule has 0 saturated carbocycles. The van der Waals surface area contributed by atoms with Gasteiger partial charge in [-0.2, -0.15) is 0 Å². The summed E-state index contributed by atoms with van der Waals surface area (Å²) in [6, 6.07) is 0. The smallest absolute Gasteiger partial charge is 0.248 e. The molecule has 0 atom stereocenters. The van der Waals surface area contributed by atoms with E-state index in [-0.39, 0.29) is 17.9 Å². The number of hydrogen-bond acceptors (Lipinski definition) is 3. The van der Waals surface area contributed by atoms with Crippen LogP contribution in [0, 0.1) is 5.41 Å². The average Bonchev–Trinajstić information content (AvgIpc) is 2.19. The van der Waals surface area contributed by atoms with Crippen LogP contribution >= 0.6 is 0 Å². The molecule has 2 N–H and O–H groups in total. The molecule has 1 saturated heterocycles. The highest BCUT2D eigenvalue weighted by Gasteiger charge is 2.30. The Morgan fingerprint density at radius 3 is 2.50 bits per heavy atom. The number of methoxy groups -OCH3 is 1. The standard InChI is InChI=1S/C10H20N2O2/c1-10(8-11)3-5-12(6-4-10)9(13)7-14-2/h3-8,11H2,1-2H3. The van der Waals surface area contributed by atoms with Crippen LogP contribution in [0.2, 0.25) is 0 Å². The normalized spacial score (nSPS) is 20.9. The summed E-state index contributed by atoms with van der Waals surface area (Å²) >= 11 is 0. The molecule has 0 aromatic carbocycles. The molecule has 1 aliphatic rings. The lowest BCUT2D eigenvalue weighted by Crippen LogP contribution is -2.45. The van der Waals surface area contributed by atoms with Crippen molar-refractivity contribution >= 4 is 5.91 Å². The second kappa shape index (κ2) is 4.75. The SMILES string of the molecule is COCC(=O)N1CCC(C)(CN)CC1. The maximum atomic E-state index is 11.5. The molecule has 4 heteroatoms. The molecule has 4 nitrogen and oxygen atoms in total. The summed E-state index contributed by atoms with van der Waals surface area (Å²) in [4.78, 5) is 13.3. The van der Waals surface area contributed by atoms with Crippen LogP contribution in [0.4, 0.5) is 0 Å². The largest absolute Gasteiger partial charge is 0.375 e. The van der Waals surface area contributed by atoms with Crippen molar-refractivity contribution in [2.24, 2.45) is 11.1 Å². The fourth-order valence-corrected chi connectivity index (χ4v) is 1.71. The van der Waals surface area contributed by atoms with Crippen LogP contribution in [-0.4, -0.2) is 44.2 Å². The zero-order chi connectivity index (χ0) is 10.6. The van der Waals surface area contributed by atoms with Gasteiger partial charge in [0, 0.05) is 20.2 Å². The first kappa shape index (κ1) is 11.5. The van der Waals surface area contributed by atoms with E-state index in [1.165, 1.54) is 0 Å². The average molecular weight is 200 g/mol. The van der Waals surface area contributed by atoms with Crippen LogP contribution < -0.4 is 5.73 Å². The van der Waals surface area contributed by atoms with Gasteiger partial charge in [0.05, 0.1) is 0 Å². The zero-order valence-corrected chi connectivity index (χ0v) is 9.08. The number of likely N-dealkylation sites (tertiary alicyclic amines) is 1. The van der Waals surface area contributed by atoms with Crippen molar-refractivity contribution in [3.05, 3.63) is 0 Å². The van der Waals surface area contributed by atoms with Crippen molar-refractivity contribution in [2.75, 3.05) is 33.4 Å². The van der Waals surface area contributed by atoms with Crippen LogP contribution in [0.3, 0.4) is 0 Å².